The molecule has 0 saturated carbocycles. The maximum Gasteiger partial charge on any atom is 0.245 e. The summed E-state index contributed by atoms with van der Waals surface area (Å²) >= 11 is 0. The van der Waals surface area contributed by atoms with E-state index in [0.29, 0.717) is 32.2 Å². The molecule has 1 fully saturated rings. The first-order chi connectivity index (χ1) is 23.6. The maximum absolute atomic E-state index is 14.4. The standard InChI is InChI=1S/C37H51N5O6S2/c1-28(38-5)35(43)40-34(37(2,3)4)36(44)42-24-13-18-31(42)27-41(25-22-30-16-10-7-11-17-30)50(47,48)33-20-12-19-32(26-33)49(45,46)39-23-21-29-14-8-6-9-15-29/h6-12,14-17,19-20,26,28,31,34,38-39H,13,18,21-25,27H2,1-5H3,(H,40,43)/t28-,31-,34+/m0/s1. The summed E-state index contributed by atoms with van der Waals surface area (Å²) in [5.74, 6) is -0.556. The summed E-state index contributed by atoms with van der Waals surface area (Å²) < 4.78 is 59.2. The number of carbonyl (C=O) groups excluding carboxylic acids is 2. The SMILES string of the molecule is CN[C@@H](C)C(=O)N[C@H](C(=O)N1CCC[C@H]1CN(CCc1ccccc1)S(=O)(=O)c1cccc(S(=O)(=O)NCCc2ccccc2)c1)C(C)(C)C. The minimum absolute atomic E-state index is 0.0188. The Hall–Kier alpha value is -3.62. The molecule has 3 aromatic carbocycles. The van der Waals surface area contributed by atoms with Crippen molar-refractivity contribution in [1.82, 2.24) is 24.6 Å². The molecule has 2 amide bonds. The molecular formula is C37H51N5O6S2. The number of amides is 2. The summed E-state index contributed by atoms with van der Waals surface area (Å²) in [4.78, 5) is 28.4. The van der Waals surface area contributed by atoms with Crippen molar-refractivity contribution in [2.45, 2.75) is 81.3 Å². The monoisotopic (exact) mass is 725 g/mol. The average molecular weight is 726 g/mol. The number of nitrogens with zero attached hydrogens (tertiary/aromatic N) is 2. The molecule has 1 heterocycles. The Bertz CT molecular complexity index is 1800. The molecule has 0 radical (unpaired) electrons. The van der Waals surface area contributed by atoms with Gasteiger partial charge >= 0.3 is 0 Å². The molecule has 0 unspecified atom stereocenters. The number of likely N-dealkylation sites (N-methyl/N-ethyl adjacent to an activating group) is 1. The van der Waals surface area contributed by atoms with E-state index >= 15 is 0 Å². The quantitative estimate of drug-likeness (QED) is 0.205. The van der Waals surface area contributed by atoms with Gasteiger partial charge in [0.15, 0.2) is 0 Å². The highest BCUT2D eigenvalue weighted by Gasteiger charge is 2.41. The minimum atomic E-state index is -4.21. The zero-order valence-corrected chi connectivity index (χ0v) is 31.3. The van der Waals surface area contributed by atoms with E-state index in [1.165, 1.54) is 28.6 Å². The van der Waals surface area contributed by atoms with Crippen LogP contribution in [0.1, 0.15) is 51.7 Å². The van der Waals surface area contributed by atoms with Crippen LogP contribution in [0.2, 0.25) is 0 Å². The summed E-state index contributed by atoms with van der Waals surface area (Å²) in [6.07, 6.45) is 2.17. The summed E-state index contributed by atoms with van der Waals surface area (Å²) in [7, 11) is -6.54. The van der Waals surface area contributed by atoms with Crippen molar-refractivity contribution < 1.29 is 26.4 Å². The first kappa shape index (κ1) is 39.2. The van der Waals surface area contributed by atoms with Crippen LogP contribution in [0.25, 0.3) is 0 Å². The molecular weight excluding hydrogens is 675 g/mol. The topological polar surface area (TPSA) is 145 Å². The van der Waals surface area contributed by atoms with Gasteiger partial charge in [-0.2, -0.15) is 4.31 Å². The Morgan fingerprint density at radius 3 is 2.08 bits per heavy atom. The highest BCUT2D eigenvalue weighted by molar-refractivity contribution is 7.90. The number of likely N-dealkylation sites (tertiary alicyclic amines) is 1. The van der Waals surface area contributed by atoms with E-state index in [1.807, 2.05) is 81.4 Å². The zero-order valence-electron chi connectivity index (χ0n) is 29.6. The molecule has 4 rings (SSSR count). The van der Waals surface area contributed by atoms with Gasteiger partial charge in [0.2, 0.25) is 31.9 Å². The largest absolute Gasteiger partial charge is 0.342 e. The van der Waals surface area contributed by atoms with Crippen LogP contribution in [0.4, 0.5) is 0 Å². The molecule has 3 N–H and O–H groups in total. The summed E-state index contributed by atoms with van der Waals surface area (Å²) in [5, 5.41) is 5.82. The van der Waals surface area contributed by atoms with Gasteiger partial charge in [0.05, 0.1) is 15.8 Å². The van der Waals surface area contributed by atoms with Crippen LogP contribution in [0, 0.1) is 5.41 Å². The van der Waals surface area contributed by atoms with E-state index < -0.39 is 43.6 Å². The van der Waals surface area contributed by atoms with E-state index in [0.717, 1.165) is 11.1 Å². The van der Waals surface area contributed by atoms with Gasteiger partial charge < -0.3 is 15.5 Å². The molecule has 0 bridgehead atoms. The van der Waals surface area contributed by atoms with Crippen molar-refractivity contribution in [1.29, 1.82) is 0 Å². The molecule has 1 aliphatic heterocycles. The fourth-order valence-electron chi connectivity index (χ4n) is 5.98. The van der Waals surface area contributed by atoms with Gasteiger partial charge in [-0.05, 0) is 74.4 Å². The second-order valence-corrected chi connectivity index (χ2v) is 17.6. The number of hydrogen-bond acceptors (Lipinski definition) is 7. The Balaban J connectivity index is 1.59. The van der Waals surface area contributed by atoms with E-state index in [9.17, 15) is 26.4 Å². The van der Waals surface area contributed by atoms with Crippen molar-refractivity contribution in [3.05, 3.63) is 96.1 Å². The summed E-state index contributed by atoms with van der Waals surface area (Å²) in [6.45, 7) is 8.11. The van der Waals surface area contributed by atoms with E-state index in [-0.39, 0.29) is 41.2 Å². The second-order valence-electron chi connectivity index (χ2n) is 13.9. The van der Waals surface area contributed by atoms with Crippen LogP contribution in [-0.4, -0.2) is 89.2 Å². The van der Waals surface area contributed by atoms with Gasteiger partial charge in [0, 0.05) is 32.2 Å². The van der Waals surface area contributed by atoms with Crippen LogP contribution in [0.3, 0.4) is 0 Å². The van der Waals surface area contributed by atoms with Crippen molar-refractivity contribution in [3.63, 3.8) is 0 Å². The Morgan fingerprint density at radius 2 is 1.48 bits per heavy atom. The lowest BCUT2D eigenvalue weighted by Gasteiger charge is -2.37. The Kier molecular flexibility index (Phi) is 13.4. The van der Waals surface area contributed by atoms with Gasteiger partial charge in [-0.1, -0.05) is 87.5 Å². The van der Waals surface area contributed by atoms with Crippen LogP contribution >= 0.6 is 0 Å². The second kappa shape index (κ2) is 17.1. The van der Waals surface area contributed by atoms with Crippen LogP contribution in [0.15, 0.2) is 94.7 Å². The number of sulfonamides is 2. The fourth-order valence-corrected chi connectivity index (χ4v) is 8.66. The Labute approximate surface area is 297 Å². The molecule has 13 heteroatoms. The van der Waals surface area contributed by atoms with Gasteiger partial charge in [0.25, 0.3) is 0 Å². The normalized spacial score (nSPS) is 16.7. The molecule has 1 saturated heterocycles. The van der Waals surface area contributed by atoms with Crippen molar-refractivity contribution in [2.24, 2.45) is 5.41 Å². The Morgan fingerprint density at radius 1 is 0.880 bits per heavy atom. The molecule has 0 aliphatic carbocycles. The van der Waals surface area contributed by atoms with Gasteiger partial charge in [-0.15, -0.1) is 0 Å². The summed E-state index contributed by atoms with van der Waals surface area (Å²) in [6, 6.07) is 22.6. The molecule has 272 valence electrons. The number of rotatable bonds is 16. The number of hydrogen-bond donors (Lipinski definition) is 3. The lowest BCUT2D eigenvalue weighted by Crippen LogP contribution is -2.59. The zero-order chi connectivity index (χ0) is 36.5. The summed E-state index contributed by atoms with van der Waals surface area (Å²) in [5.41, 5.74) is 1.32. The van der Waals surface area contributed by atoms with E-state index in [4.69, 9.17) is 0 Å². The first-order valence-electron chi connectivity index (χ1n) is 17.1. The predicted molar refractivity (Wildman–Crippen MR) is 195 cm³/mol. The van der Waals surface area contributed by atoms with Gasteiger partial charge in [0.1, 0.15) is 6.04 Å². The van der Waals surface area contributed by atoms with Gasteiger partial charge in [-0.25, -0.2) is 21.6 Å². The third-order valence-electron chi connectivity index (χ3n) is 9.10. The molecule has 3 atom stereocenters. The van der Waals surface area contributed by atoms with Crippen molar-refractivity contribution in [2.75, 3.05) is 33.2 Å². The van der Waals surface area contributed by atoms with Crippen LogP contribution in [0.5, 0.6) is 0 Å². The van der Waals surface area contributed by atoms with Crippen molar-refractivity contribution in [3.8, 4) is 0 Å². The third kappa shape index (κ3) is 10.2. The lowest BCUT2D eigenvalue weighted by molar-refractivity contribution is -0.140. The van der Waals surface area contributed by atoms with Gasteiger partial charge in [-0.3, -0.25) is 9.59 Å². The average Bonchev–Trinajstić information content (AvgIpc) is 3.57. The van der Waals surface area contributed by atoms with E-state index in [1.54, 1.807) is 18.9 Å². The molecule has 0 spiro atoms. The number of nitrogens with one attached hydrogen (secondary N) is 3. The first-order valence-corrected chi connectivity index (χ1v) is 20.0. The van der Waals surface area contributed by atoms with Crippen molar-refractivity contribution >= 4 is 31.9 Å². The molecule has 0 aromatic heterocycles. The van der Waals surface area contributed by atoms with Crippen LogP contribution in [-0.2, 0) is 42.5 Å². The molecule has 50 heavy (non-hydrogen) atoms. The molecule has 1 aliphatic rings. The smallest absolute Gasteiger partial charge is 0.245 e. The minimum Gasteiger partial charge on any atom is -0.342 e. The number of carbonyl (C=O) groups is 2. The molecule has 3 aromatic rings. The van der Waals surface area contributed by atoms with E-state index in [2.05, 4.69) is 15.4 Å². The predicted octanol–water partition coefficient (Wildman–Crippen LogP) is 3.57. The lowest BCUT2D eigenvalue weighted by atomic mass is 9.85. The number of benzene rings is 3. The highest BCUT2D eigenvalue weighted by Crippen LogP contribution is 2.28. The maximum atomic E-state index is 14.4. The third-order valence-corrected chi connectivity index (χ3v) is 12.4. The highest BCUT2D eigenvalue weighted by atomic mass is 32.2. The van der Waals surface area contributed by atoms with Crippen LogP contribution < -0.4 is 15.4 Å². The fraction of sp³-hybridized carbons (Fsp3) is 0.459. The molecule has 11 nitrogen and oxygen atoms in total.